The molecule has 0 unspecified atom stereocenters. The zero-order valence-electron chi connectivity index (χ0n) is 9.20. The number of halogens is 3. The molecule has 17 heavy (non-hydrogen) atoms. The van der Waals surface area contributed by atoms with Gasteiger partial charge < -0.3 is 9.84 Å². The summed E-state index contributed by atoms with van der Waals surface area (Å²) < 4.78 is 43.4. The zero-order chi connectivity index (χ0) is 12.9. The van der Waals surface area contributed by atoms with Gasteiger partial charge >= 0.3 is 6.36 Å². The maximum absolute atomic E-state index is 11.6. The van der Waals surface area contributed by atoms with E-state index in [0.717, 1.165) is 0 Å². The molecule has 1 aromatic rings. The number of benzene rings is 1. The van der Waals surface area contributed by atoms with Gasteiger partial charge in [-0.05, 0) is 24.6 Å². The van der Waals surface area contributed by atoms with Crippen molar-refractivity contribution in [2.24, 2.45) is 0 Å². The molecule has 0 fully saturated rings. The highest BCUT2D eigenvalue weighted by atomic mass is 19.4. The van der Waals surface area contributed by atoms with Crippen LogP contribution in [0, 0.1) is 0 Å². The molecule has 0 saturated carbocycles. The third-order valence-corrected chi connectivity index (χ3v) is 1.98. The summed E-state index contributed by atoms with van der Waals surface area (Å²) in [5.74, 6) is 0.431. The first-order valence-electron chi connectivity index (χ1n) is 5.00. The lowest BCUT2D eigenvalue weighted by molar-refractivity contribution is -0.325. The summed E-state index contributed by atoms with van der Waals surface area (Å²) in [7, 11) is 0. The summed E-state index contributed by atoms with van der Waals surface area (Å²) in [6, 6.07) is 6.44. The van der Waals surface area contributed by atoms with E-state index in [2.05, 4.69) is 4.74 Å². The topological polar surface area (TPSA) is 38.7 Å². The van der Waals surface area contributed by atoms with E-state index in [4.69, 9.17) is 4.74 Å². The van der Waals surface area contributed by atoms with Gasteiger partial charge in [-0.1, -0.05) is 12.1 Å². The van der Waals surface area contributed by atoms with Gasteiger partial charge in [0, 0.05) is 0 Å². The molecule has 6 heteroatoms. The van der Waals surface area contributed by atoms with E-state index in [1.807, 2.05) is 0 Å². The Bertz CT molecular complexity index is 333. The molecule has 0 aliphatic rings. The van der Waals surface area contributed by atoms with Crippen LogP contribution < -0.4 is 4.74 Å². The quantitative estimate of drug-likeness (QED) is 0.816. The molecule has 96 valence electrons. The second-order valence-corrected chi connectivity index (χ2v) is 3.39. The lowest BCUT2D eigenvalue weighted by Crippen LogP contribution is -2.18. The lowest BCUT2D eigenvalue weighted by atomic mass is 10.1. The van der Waals surface area contributed by atoms with Crippen molar-refractivity contribution in [2.75, 3.05) is 13.2 Å². The molecule has 0 aliphatic heterocycles. The Hall–Kier alpha value is -1.27. The molecule has 0 heterocycles. The summed E-state index contributed by atoms with van der Waals surface area (Å²) in [5.41, 5.74) is 0.712. The van der Waals surface area contributed by atoms with E-state index in [1.165, 1.54) is 0 Å². The predicted octanol–water partition coefficient (Wildman–Crippen LogP) is 2.66. The van der Waals surface area contributed by atoms with Crippen molar-refractivity contribution in [3.8, 4) is 5.75 Å². The molecule has 0 bridgehead atoms. The van der Waals surface area contributed by atoms with Crippen LogP contribution in [-0.4, -0.2) is 24.7 Å². The first kappa shape index (κ1) is 13.8. The molecular weight excluding hydrogens is 237 g/mol. The molecule has 0 amide bonds. The van der Waals surface area contributed by atoms with Crippen LogP contribution in [0.25, 0.3) is 0 Å². The molecule has 1 aromatic carbocycles. The molecule has 0 aliphatic carbocycles. The van der Waals surface area contributed by atoms with Crippen molar-refractivity contribution in [2.45, 2.75) is 19.4 Å². The monoisotopic (exact) mass is 250 g/mol. The molecule has 3 nitrogen and oxygen atoms in total. The molecule has 1 atom stereocenters. The highest BCUT2D eigenvalue weighted by Crippen LogP contribution is 2.18. The van der Waals surface area contributed by atoms with Crippen LogP contribution in [0.5, 0.6) is 5.75 Å². The second-order valence-electron chi connectivity index (χ2n) is 3.39. The van der Waals surface area contributed by atoms with Crippen LogP contribution in [-0.2, 0) is 4.74 Å². The first-order chi connectivity index (χ1) is 7.88. The Morgan fingerprint density at radius 2 is 1.76 bits per heavy atom. The van der Waals surface area contributed by atoms with Crippen LogP contribution in [0.3, 0.4) is 0 Å². The van der Waals surface area contributed by atoms with Gasteiger partial charge in [0.05, 0.1) is 12.7 Å². The SMILES string of the molecule is C[C@H](O)c1ccc(OCCOC(F)(F)F)cc1. The minimum atomic E-state index is -4.63. The minimum absolute atomic E-state index is 0.187. The number of hydrogen-bond donors (Lipinski definition) is 1. The van der Waals surface area contributed by atoms with Crippen LogP contribution in [0.15, 0.2) is 24.3 Å². The van der Waals surface area contributed by atoms with E-state index in [9.17, 15) is 18.3 Å². The predicted molar refractivity (Wildman–Crippen MR) is 54.6 cm³/mol. The van der Waals surface area contributed by atoms with Crippen molar-refractivity contribution in [3.05, 3.63) is 29.8 Å². The Morgan fingerprint density at radius 1 is 1.18 bits per heavy atom. The van der Waals surface area contributed by atoms with E-state index in [1.54, 1.807) is 31.2 Å². The molecule has 1 rings (SSSR count). The number of rotatable bonds is 5. The number of alkyl halides is 3. The summed E-state index contributed by atoms with van der Waals surface area (Å²) in [5, 5.41) is 9.23. The Labute approximate surface area is 96.8 Å². The number of hydrogen-bond acceptors (Lipinski definition) is 3. The van der Waals surface area contributed by atoms with Gasteiger partial charge in [0.15, 0.2) is 0 Å². The van der Waals surface area contributed by atoms with Gasteiger partial charge in [-0.15, -0.1) is 13.2 Å². The van der Waals surface area contributed by atoms with Crippen molar-refractivity contribution < 1.29 is 27.8 Å². The Morgan fingerprint density at radius 3 is 2.24 bits per heavy atom. The van der Waals surface area contributed by atoms with E-state index < -0.39 is 19.1 Å². The molecule has 0 spiro atoms. The van der Waals surface area contributed by atoms with Crippen molar-refractivity contribution >= 4 is 0 Å². The van der Waals surface area contributed by atoms with Crippen LogP contribution >= 0.6 is 0 Å². The van der Waals surface area contributed by atoms with Gasteiger partial charge in [0.2, 0.25) is 0 Å². The normalized spacial score (nSPS) is 13.5. The van der Waals surface area contributed by atoms with Gasteiger partial charge in [-0.3, -0.25) is 4.74 Å². The van der Waals surface area contributed by atoms with Crippen LogP contribution in [0.1, 0.15) is 18.6 Å². The molecular formula is C11H13F3O3. The summed E-state index contributed by atoms with van der Waals surface area (Å²) in [6.45, 7) is 0.877. The standard InChI is InChI=1S/C11H13F3O3/c1-8(15)9-2-4-10(5-3-9)16-6-7-17-11(12,13)14/h2-5,8,15H,6-7H2,1H3/t8-/m0/s1. The summed E-state index contributed by atoms with van der Waals surface area (Å²) in [6.07, 6.45) is -5.21. The lowest BCUT2D eigenvalue weighted by Gasteiger charge is -2.10. The average Bonchev–Trinajstić information content (AvgIpc) is 2.24. The van der Waals surface area contributed by atoms with Crippen molar-refractivity contribution in [1.82, 2.24) is 0 Å². The van der Waals surface area contributed by atoms with Gasteiger partial charge in [-0.2, -0.15) is 0 Å². The highest BCUT2D eigenvalue weighted by molar-refractivity contribution is 5.28. The van der Waals surface area contributed by atoms with Crippen molar-refractivity contribution in [3.63, 3.8) is 0 Å². The molecule has 0 aromatic heterocycles. The maximum atomic E-state index is 11.6. The second kappa shape index (κ2) is 5.88. The smallest absolute Gasteiger partial charge is 0.491 e. The number of aliphatic hydroxyl groups is 1. The highest BCUT2D eigenvalue weighted by Gasteiger charge is 2.28. The van der Waals surface area contributed by atoms with E-state index >= 15 is 0 Å². The average molecular weight is 250 g/mol. The van der Waals surface area contributed by atoms with Gasteiger partial charge in [0.1, 0.15) is 12.4 Å². The fourth-order valence-corrected chi connectivity index (χ4v) is 1.16. The molecule has 1 N–H and O–H groups in total. The van der Waals surface area contributed by atoms with Gasteiger partial charge in [0.25, 0.3) is 0 Å². The van der Waals surface area contributed by atoms with E-state index in [0.29, 0.717) is 11.3 Å². The summed E-state index contributed by atoms with van der Waals surface area (Å²) >= 11 is 0. The fourth-order valence-electron chi connectivity index (χ4n) is 1.16. The van der Waals surface area contributed by atoms with Crippen molar-refractivity contribution in [1.29, 1.82) is 0 Å². The maximum Gasteiger partial charge on any atom is 0.522 e. The summed E-state index contributed by atoms with van der Waals surface area (Å²) in [4.78, 5) is 0. The third kappa shape index (κ3) is 5.55. The molecule has 0 saturated heterocycles. The third-order valence-electron chi connectivity index (χ3n) is 1.98. The minimum Gasteiger partial charge on any atom is -0.491 e. The van der Waals surface area contributed by atoms with Crippen LogP contribution in [0.2, 0.25) is 0 Å². The fraction of sp³-hybridized carbons (Fsp3) is 0.455. The first-order valence-corrected chi connectivity index (χ1v) is 5.00. The van der Waals surface area contributed by atoms with Gasteiger partial charge in [-0.25, -0.2) is 0 Å². The number of ether oxygens (including phenoxy) is 2. The Balaban J connectivity index is 2.33. The zero-order valence-corrected chi connectivity index (χ0v) is 9.20. The molecule has 0 radical (unpaired) electrons. The largest absolute Gasteiger partial charge is 0.522 e. The number of aliphatic hydroxyl groups excluding tert-OH is 1. The van der Waals surface area contributed by atoms with Crippen LogP contribution in [0.4, 0.5) is 13.2 Å². The van der Waals surface area contributed by atoms with E-state index in [-0.39, 0.29) is 6.61 Å². The Kier molecular flexibility index (Phi) is 4.77.